The Balaban J connectivity index is 1.79. The van der Waals surface area contributed by atoms with Crippen molar-refractivity contribution < 1.29 is 8.42 Å². The lowest BCUT2D eigenvalue weighted by molar-refractivity contribution is 0.182. The van der Waals surface area contributed by atoms with Gasteiger partial charge in [-0.1, -0.05) is 0 Å². The van der Waals surface area contributed by atoms with E-state index in [1.807, 2.05) is 0 Å². The van der Waals surface area contributed by atoms with Crippen LogP contribution < -0.4 is 5.32 Å². The molecule has 1 atom stereocenters. The van der Waals surface area contributed by atoms with Gasteiger partial charge in [-0.15, -0.1) is 0 Å². The Hall–Kier alpha value is -0.210. The lowest BCUT2D eigenvalue weighted by Gasteiger charge is -2.36. The van der Waals surface area contributed by atoms with Crippen molar-refractivity contribution >= 4 is 10.2 Å². The highest BCUT2D eigenvalue weighted by atomic mass is 32.2. The van der Waals surface area contributed by atoms with Gasteiger partial charge in [0.25, 0.3) is 10.2 Å². The number of hydrogen-bond acceptors (Lipinski definition) is 4. The van der Waals surface area contributed by atoms with Crippen molar-refractivity contribution in [1.29, 1.82) is 0 Å². The van der Waals surface area contributed by atoms with Gasteiger partial charge in [-0.2, -0.15) is 17.0 Å². The first kappa shape index (κ1) is 17.1. The summed E-state index contributed by atoms with van der Waals surface area (Å²) in [6.07, 6.45) is 5.43. The molecule has 2 rings (SSSR count). The number of hydrogen-bond donors (Lipinski definition) is 1. The number of likely N-dealkylation sites (N-methyl/N-ethyl adjacent to an activating group) is 2. The Bertz CT molecular complexity index is 425. The predicted molar refractivity (Wildman–Crippen MR) is 85.5 cm³/mol. The van der Waals surface area contributed by atoms with Crippen molar-refractivity contribution in [3.05, 3.63) is 0 Å². The molecule has 0 amide bonds. The third-order valence-electron chi connectivity index (χ3n) is 4.53. The lowest BCUT2D eigenvalue weighted by atomic mass is 10.1. The molecule has 1 heterocycles. The number of nitrogens with zero attached hydrogens (tertiary/aromatic N) is 3. The fourth-order valence-electron chi connectivity index (χ4n) is 2.85. The maximum Gasteiger partial charge on any atom is 0.281 e. The maximum atomic E-state index is 12.6. The van der Waals surface area contributed by atoms with E-state index in [-0.39, 0.29) is 6.04 Å². The van der Waals surface area contributed by atoms with Crippen molar-refractivity contribution in [2.75, 3.05) is 47.3 Å². The molecule has 124 valence electrons. The lowest BCUT2D eigenvalue weighted by Crippen LogP contribution is -2.51. The maximum absolute atomic E-state index is 12.6. The zero-order chi connectivity index (χ0) is 15.5. The van der Waals surface area contributed by atoms with Crippen molar-refractivity contribution in [3.8, 4) is 0 Å². The van der Waals surface area contributed by atoms with E-state index in [4.69, 9.17) is 0 Å². The average Bonchev–Trinajstić information content (AvgIpc) is 3.26. The van der Waals surface area contributed by atoms with Crippen LogP contribution in [0.25, 0.3) is 0 Å². The van der Waals surface area contributed by atoms with Crippen LogP contribution in [0.1, 0.15) is 32.1 Å². The molecule has 1 saturated carbocycles. The van der Waals surface area contributed by atoms with Crippen LogP contribution in [0, 0.1) is 0 Å². The first-order valence-electron chi connectivity index (χ1n) is 8.02. The summed E-state index contributed by atoms with van der Waals surface area (Å²) in [6.45, 7) is 3.37. The van der Waals surface area contributed by atoms with Gasteiger partial charge in [0.2, 0.25) is 0 Å². The van der Waals surface area contributed by atoms with Crippen molar-refractivity contribution in [3.63, 3.8) is 0 Å². The smallest absolute Gasteiger partial charge is 0.281 e. The standard InChI is InChI=1S/C14H30N4O2S/c1-16-10-4-6-14(12-16)18(3)21(19,20)17(2)11-5-9-15-13-7-8-13/h13-15H,4-12H2,1-3H3. The Labute approximate surface area is 129 Å². The number of rotatable bonds is 8. The summed E-state index contributed by atoms with van der Waals surface area (Å²) >= 11 is 0. The van der Waals surface area contributed by atoms with Crippen LogP contribution in [0.4, 0.5) is 0 Å². The van der Waals surface area contributed by atoms with E-state index in [1.165, 1.54) is 17.1 Å². The van der Waals surface area contributed by atoms with Gasteiger partial charge in [0.15, 0.2) is 0 Å². The SMILES string of the molecule is CN1CCCC(N(C)S(=O)(=O)N(C)CCCNC2CC2)C1. The minimum absolute atomic E-state index is 0.0980. The molecule has 21 heavy (non-hydrogen) atoms. The van der Waals surface area contributed by atoms with E-state index in [9.17, 15) is 8.42 Å². The highest BCUT2D eigenvalue weighted by molar-refractivity contribution is 7.86. The monoisotopic (exact) mass is 318 g/mol. The van der Waals surface area contributed by atoms with Crippen LogP contribution in [0.3, 0.4) is 0 Å². The molecule has 0 aromatic carbocycles. The van der Waals surface area contributed by atoms with Crippen LogP contribution >= 0.6 is 0 Å². The third kappa shape index (κ3) is 4.89. The summed E-state index contributed by atoms with van der Waals surface area (Å²) in [5.74, 6) is 0. The van der Waals surface area contributed by atoms with Crippen LogP contribution in [0.15, 0.2) is 0 Å². The third-order valence-corrected chi connectivity index (χ3v) is 6.53. The van der Waals surface area contributed by atoms with Crippen LogP contribution in [0.5, 0.6) is 0 Å². The molecule has 0 bridgehead atoms. The number of likely N-dealkylation sites (tertiary alicyclic amines) is 1. The Morgan fingerprint density at radius 2 is 1.95 bits per heavy atom. The van der Waals surface area contributed by atoms with Crippen molar-refractivity contribution in [1.82, 2.24) is 18.8 Å². The van der Waals surface area contributed by atoms with Crippen molar-refractivity contribution in [2.24, 2.45) is 0 Å². The highest BCUT2D eigenvalue weighted by Crippen LogP contribution is 2.19. The first-order chi connectivity index (χ1) is 9.91. The second-order valence-electron chi connectivity index (χ2n) is 6.49. The van der Waals surface area contributed by atoms with Gasteiger partial charge < -0.3 is 10.2 Å². The zero-order valence-corrected chi connectivity index (χ0v) is 14.4. The molecule has 0 radical (unpaired) electrons. The summed E-state index contributed by atoms with van der Waals surface area (Å²) < 4.78 is 28.2. The summed E-state index contributed by atoms with van der Waals surface area (Å²) in [7, 11) is 2.13. The molecule has 2 aliphatic rings. The van der Waals surface area contributed by atoms with Gasteiger partial charge in [-0.25, -0.2) is 0 Å². The summed E-state index contributed by atoms with van der Waals surface area (Å²) in [6, 6.07) is 0.785. The Morgan fingerprint density at radius 3 is 2.57 bits per heavy atom. The molecule has 0 spiro atoms. The van der Waals surface area contributed by atoms with Gasteiger partial charge in [0.1, 0.15) is 0 Å². The Kier molecular flexibility index (Phi) is 6.02. The van der Waals surface area contributed by atoms with Crippen LogP contribution in [-0.4, -0.2) is 81.3 Å². The van der Waals surface area contributed by atoms with E-state index in [2.05, 4.69) is 17.3 Å². The van der Waals surface area contributed by atoms with Crippen molar-refractivity contribution in [2.45, 2.75) is 44.2 Å². The van der Waals surface area contributed by atoms with E-state index in [1.54, 1.807) is 18.4 Å². The minimum Gasteiger partial charge on any atom is -0.314 e. The van der Waals surface area contributed by atoms with Gasteiger partial charge in [0, 0.05) is 39.3 Å². The van der Waals surface area contributed by atoms with Gasteiger partial charge >= 0.3 is 0 Å². The average molecular weight is 318 g/mol. The van der Waals surface area contributed by atoms with Gasteiger partial charge in [-0.3, -0.25) is 0 Å². The molecule has 0 aromatic heterocycles. The largest absolute Gasteiger partial charge is 0.314 e. The van der Waals surface area contributed by atoms with Gasteiger partial charge in [-0.05, 0) is 52.2 Å². The molecular formula is C14H30N4O2S. The second-order valence-corrected chi connectivity index (χ2v) is 8.58. The van der Waals surface area contributed by atoms with E-state index in [0.717, 1.165) is 38.9 Å². The quantitative estimate of drug-likeness (QED) is 0.656. The van der Waals surface area contributed by atoms with E-state index >= 15 is 0 Å². The molecule has 2 fully saturated rings. The summed E-state index contributed by atoms with van der Waals surface area (Å²) in [4.78, 5) is 2.21. The molecule has 0 aromatic rings. The molecular weight excluding hydrogens is 288 g/mol. The molecule has 1 saturated heterocycles. The highest BCUT2D eigenvalue weighted by Gasteiger charge is 2.31. The zero-order valence-electron chi connectivity index (χ0n) is 13.6. The minimum atomic E-state index is -3.33. The van der Waals surface area contributed by atoms with Crippen LogP contribution in [0.2, 0.25) is 0 Å². The molecule has 1 aliphatic heterocycles. The first-order valence-corrected chi connectivity index (χ1v) is 9.42. The fraction of sp³-hybridized carbons (Fsp3) is 1.00. The molecule has 1 unspecified atom stereocenters. The molecule has 1 aliphatic carbocycles. The Morgan fingerprint density at radius 1 is 1.24 bits per heavy atom. The predicted octanol–water partition coefficient (Wildman–Crippen LogP) is 0.331. The topological polar surface area (TPSA) is 55.9 Å². The molecule has 7 heteroatoms. The van der Waals surface area contributed by atoms with E-state index < -0.39 is 10.2 Å². The van der Waals surface area contributed by atoms with Gasteiger partial charge in [0.05, 0.1) is 0 Å². The number of piperidine rings is 1. The number of nitrogens with one attached hydrogen (secondary N) is 1. The second kappa shape index (κ2) is 7.37. The molecule has 1 N–H and O–H groups in total. The normalized spacial score (nSPS) is 24.9. The van der Waals surface area contributed by atoms with Crippen LogP contribution in [-0.2, 0) is 10.2 Å². The fourth-order valence-corrected chi connectivity index (χ4v) is 4.20. The summed E-state index contributed by atoms with van der Waals surface area (Å²) in [5, 5.41) is 3.42. The molecule has 6 nitrogen and oxygen atoms in total. The van der Waals surface area contributed by atoms with E-state index in [0.29, 0.717) is 12.6 Å². The summed E-state index contributed by atoms with van der Waals surface area (Å²) in [5.41, 5.74) is 0.